The van der Waals surface area contributed by atoms with Crippen LogP contribution in [0, 0.1) is 13.0 Å². The summed E-state index contributed by atoms with van der Waals surface area (Å²) < 4.78 is 0. The number of hydrogen-bond donors (Lipinski definition) is 0. The fraction of sp³-hybridized carbons (Fsp3) is 0.214. The van der Waals surface area contributed by atoms with Gasteiger partial charge in [-0.05, 0) is 37.3 Å². The van der Waals surface area contributed by atoms with Gasteiger partial charge in [0.15, 0.2) is 0 Å². The van der Waals surface area contributed by atoms with Gasteiger partial charge in [-0.2, -0.15) is 0 Å². The first kappa shape index (κ1) is 10.7. The summed E-state index contributed by atoms with van der Waals surface area (Å²) in [5.74, 6) is 0. The average Bonchev–Trinajstić information content (AvgIpc) is 2.30. The summed E-state index contributed by atoms with van der Waals surface area (Å²) in [7, 11) is 2.07. The highest BCUT2D eigenvalue weighted by Gasteiger charge is 2.02. The quantitative estimate of drug-likeness (QED) is 0.776. The van der Waals surface area contributed by atoms with Gasteiger partial charge in [0, 0.05) is 18.4 Å². The van der Waals surface area contributed by atoms with Gasteiger partial charge in [-0.15, -0.1) is 0 Å². The lowest BCUT2D eigenvalue weighted by Crippen LogP contribution is -2.17. The minimum atomic E-state index is 0.825. The van der Waals surface area contributed by atoms with Crippen LogP contribution in [0.4, 0.5) is 5.69 Å². The number of anilines is 1. The maximum absolute atomic E-state index is 4.49. The Morgan fingerprint density at radius 2 is 1.94 bits per heavy atom. The van der Waals surface area contributed by atoms with E-state index in [9.17, 15) is 0 Å². The lowest BCUT2D eigenvalue weighted by Gasteiger charge is -2.18. The molecule has 0 saturated carbocycles. The zero-order valence-corrected chi connectivity index (χ0v) is 9.64. The molecule has 81 valence electrons. The maximum Gasteiger partial charge on any atom is 0.0600 e. The molecule has 1 aromatic heterocycles. The second-order valence-electron chi connectivity index (χ2n) is 3.88. The van der Waals surface area contributed by atoms with E-state index in [4.69, 9.17) is 0 Å². The van der Waals surface area contributed by atoms with Crippen molar-refractivity contribution in [3.8, 4) is 0 Å². The predicted molar refractivity (Wildman–Crippen MR) is 66.4 cm³/mol. The molecule has 2 heteroatoms. The first-order valence-electron chi connectivity index (χ1n) is 5.35. The van der Waals surface area contributed by atoms with Gasteiger partial charge in [-0.25, -0.2) is 0 Å². The van der Waals surface area contributed by atoms with E-state index in [1.54, 1.807) is 0 Å². The van der Waals surface area contributed by atoms with E-state index < -0.39 is 0 Å². The van der Waals surface area contributed by atoms with E-state index in [1.165, 1.54) is 5.69 Å². The minimum Gasteiger partial charge on any atom is -0.369 e. The van der Waals surface area contributed by atoms with E-state index in [0.29, 0.717) is 0 Å². The van der Waals surface area contributed by atoms with Crippen molar-refractivity contribution in [1.29, 1.82) is 0 Å². The summed E-state index contributed by atoms with van der Waals surface area (Å²) in [4.78, 5) is 6.67. The molecule has 0 N–H and O–H groups in total. The summed E-state index contributed by atoms with van der Waals surface area (Å²) in [5.41, 5.74) is 3.34. The lowest BCUT2D eigenvalue weighted by atomic mass is 10.2. The molecule has 16 heavy (non-hydrogen) atoms. The Morgan fingerprint density at radius 3 is 2.62 bits per heavy atom. The van der Waals surface area contributed by atoms with Gasteiger partial charge in [-0.3, -0.25) is 4.98 Å². The molecule has 0 aliphatic carbocycles. The van der Waals surface area contributed by atoms with Crippen LogP contribution < -0.4 is 4.90 Å². The van der Waals surface area contributed by atoms with Crippen molar-refractivity contribution in [1.82, 2.24) is 4.98 Å². The smallest absolute Gasteiger partial charge is 0.0600 e. The van der Waals surface area contributed by atoms with Crippen molar-refractivity contribution in [2.45, 2.75) is 13.5 Å². The number of aryl methyl sites for hydroxylation is 1. The van der Waals surface area contributed by atoms with Crippen molar-refractivity contribution >= 4 is 5.69 Å². The summed E-state index contributed by atoms with van der Waals surface area (Å²) in [6, 6.07) is 17.1. The zero-order valence-electron chi connectivity index (χ0n) is 9.64. The number of benzene rings is 1. The van der Waals surface area contributed by atoms with Crippen molar-refractivity contribution < 1.29 is 0 Å². The summed E-state index contributed by atoms with van der Waals surface area (Å²) in [6.07, 6.45) is 0. The van der Waals surface area contributed by atoms with Crippen LogP contribution in [0.2, 0.25) is 0 Å². The van der Waals surface area contributed by atoms with Crippen LogP contribution in [0.1, 0.15) is 11.4 Å². The molecule has 0 spiro atoms. The van der Waals surface area contributed by atoms with Crippen LogP contribution >= 0.6 is 0 Å². The molecule has 0 amide bonds. The van der Waals surface area contributed by atoms with E-state index in [1.807, 2.05) is 31.2 Å². The second-order valence-corrected chi connectivity index (χ2v) is 3.88. The topological polar surface area (TPSA) is 16.1 Å². The first-order chi connectivity index (χ1) is 7.75. The average molecular weight is 211 g/mol. The Kier molecular flexibility index (Phi) is 3.20. The molecule has 0 aliphatic rings. The second kappa shape index (κ2) is 4.79. The van der Waals surface area contributed by atoms with Gasteiger partial charge < -0.3 is 4.90 Å². The Labute approximate surface area is 96.6 Å². The lowest BCUT2D eigenvalue weighted by molar-refractivity contribution is 0.877. The van der Waals surface area contributed by atoms with Crippen molar-refractivity contribution in [3.63, 3.8) is 0 Å². The normalized spacial score (nSPS) is 10.1. The third kappa shape index (κ3) is 2.60. The Balaban J connectivity index is 2.11. The molecule has 0 bridgehead atoms. The molecule has 0 atom stereocenters. The monoisotopic (exact) mass is 211 g/mol. The van der Waals surface area contributed by atoms with Gasteiger partial charge in [0.2, 0.25) is 0 Å². The Morgan fingerprint density at radius 1 is 1.19 bits per heavy atom. The highest BCUT2D eigenvalue weighted by molar-refractivity contribution is 5.45. The molecule has 1 radical (unpaired) electrons. The fourth-order valence-electron chi connectivity index (χ4n) is 1.65. The number of nitrogens with zero attached hydrogens (tertiary/aromatic N) is 2. The van der Waals surface area contributed by atoms with Crippen molar-refractivity contribution in [2.75, 3.05) is 11.9 Å². The van der Waals surface area contributed by atoms with Crippen molar-refractivity contribution in [2.24, 2.45) is 0 Å². The number of pyridine rings is 1. The van der Waals surface area contributed by atoms with E-state index in [2.05, 4.69) is 41.2 Å². The van der Waals surface area contributed by atoms with Crippen LogP contribution in [0.15, 0.2) is 42.5 Å². The van der Waals surface area contributed by atoms with Crippen LogP contribution in [0.5, 0.6) is 0 Å². The number of aromatic nitrogens is 1. The fourth-order valence-corrected chi connectivity index (χ4v) is 1.65. The molecule has 2 nitrogen and oxygen atoms in total. The van der Waals surface area contributed by atoms with Crippen LogP contribution in [0.3, 0.4) is 0 Å². The van der Waals surface area contributed by atoms with Gasteiger partial charge in [0.25, 0.3) is 0 Å². The summed E-state index contributed by atoms with van der Waals surface area (Å²) >= 11 is 0. The predicted octanol–water partition coefficient (Wildman–Crippen LogP) is 2.83. The Bertz CT molecular complexity index is 451. The van der Waals surface area contributed by atoms with Gasteiger partial charge in [-0.1, -0.05) is 18.2 Å². The molecule has 1 heterocycles. The van der Waals surface area contributed by atoms with Crippen LogP contribution in [0.25, 0.3) is 0 Å². The SMILES string of the molecule is Cc1cccc(CN(C)c2cc[c]cc2)n1. The van der Waals surface area contributed by atoms with Crippen LogP contribution in [-0.2, 0) is 6.54 Å². The molecular formula is C14H15N2. The van der Waals surface area contributed by atoms with Gasteiger partial charge >= 0.3 is 0 Å². The summed E-state index contributed by atoms with van der Waals surface area (Å²) in [5, 5.41) is 0. The highest BCUT2D eigenvalue weighted by Crippen LogP contribution is 2.13. The summed E-state index contributed by atoms with van der Waals surface area (Å²) in [6.45, 7) is 2.84. The standard InChI is InChI=1S/C14H15N2/c1-12-7-6-8-13(15-12)11-16(2)14-9-4-3-5-10-14/h4-10H,11H2,1-2H3. The molecule has 0 unspecified atom stereocenters. The molecule has 0 saturated heterocycles. The largest absolute Gasteiger partial charge is 0.369 e. The Hall–Kier alpha value is -1.83. The van der Waals surface area contributed by atoms with E-state index >= 15 is 0 Å². The molecule has 0 aliphatic heterocycles. The number of hydrogen-bond acceptors (Lipinski definition) is 2. The minimum absolute atomic E-state index is 0.825. The van der Waals surface area contributed by atoms with Gasteiger partial charge in [0.1, 0.15) is 0 Å². The maximum atomic E-state index is 4.49. The molecule has 2 rings (SSSR count). The van der Waals surface area contributed by atoms with Crippen molar-refractivity contribution in [3.05, 3.63) is 59.9 Å². The molecule has 0 fully saturated rings. The van der Waals surface area contributed by atoms with Gasteiger partial charge in [0.05, 0.1) is 12.2 Å². The third-order valence-electron chi connectivity index (χ3n) is 2.49. The zero-order chi connectivity index (χ0) is 11.4. The third-order valence-corrected chi connectivity index (χ3v) is 2.49. The highest BCUT2D eigenvalue weighted by atomic mass is 15.1. The molecule has 1 aromatic carbocycles. The number of rotatable bonds is 3. The first-order valence-corrected chi connectivity index (χ1v) is 5.35. The van der Waals surface area contributed by atoms with E-state index in [0.717, 1.165) is 17.9 Å². The van der Waals surface area contributed by atoms with E-state index in [-0.39, 0.29) is 0 Å². The van der Waals surface area contributed by atoms with Crippen LogP contribution in [-0.4, -0.2) is 12.0 Å². The molecular weight excluding hydrogens is 196 g/mol. The molecule has 2 aromatic rings.